The minimum atomic E-state index is 1.05. The third-order valence-electron chi connectivity index (χ3n) is 17.2. The largest absolute Gasteiger partial charge is 0.323 e. The molecule has 0 amide bonds. The molecule has 0 N–H and O–H groups in total. The van der Waals surface area contributed by atoms with Crippen molar-refractivity contribution < 1.29 is 0 Å². The minimum absolute atomic E-state index is 1.05. The van der Waals surface area contributed by atoms with E-state index in [4.69, 9.17) is 0 Å². The van der Waals surface area contributed by atoms with Crippen LogP contribution in [0.25, 0.3) is 38.8 Å². The summed E-state index contributed by atoms with van der Waals surface area (Å²) in [6.07, 6.45) is 24.9. The zero-order chi connectivity index (χ0) is 75.0. The lowest BCUT2D eigenvalue weighted by Crippen LogP contribution is -1.94. The molecular weight excluding hydrogens is 1200 g/mol. The highest BCUT2D eigenvalue weighted by molar-refractivity contribution is 5.76. The van der Waals surface area contributed by atoms with Gasteiger partial charge in [0, 0.05) is 108 Å². The Bertz CT molecular complexity index is 3890. The zero-order valence-corrected chi connectivity index (χ0v) is 67.8. The summed E-state index contributed by atoms with van der Waals surface area (Å²) in [6, 6.07) is 21.2. The fourth-order valence-electron chi connectivity index (χ4n) is 11.7. The van der Waals surface area contributed by atoms with Crippen LogP contribution >= 0.6 is 0 Å². The molecule has 0 aromatic carbocycles. The lowest BCUT2D eigenvalue weighted by atomic mass is 10.1. The molecule has 1 aliphatic carbocycles. The maximum Gasteiger partial charge on any atom is 0.137 e. The van der Waals surface area contributed by atoms with E-state index in [-0.39, 0.29) is 0 Å². The van der Waals surface area contributed by atoms with Gasteiger partial charge in [0.05, 0.1) is 34.1 Å². The first-order chi connectivity index (χ1) is 46.9. The van der Waals surface area contributed by atoms with Crippen molar-refractivity contribution in [2.75, 3.05) is 0 Å². The van der Waals surface area contributed by atoms with Crippen molar-refractivity contribution in [2.24, 2.45) is 0 Å². The number of fused-ring (bicyclic) bond motifs is 7. The minimum Gasteiger partial charge on any atom is -0.323 e. The summed E-state index contributed by atoms with van der Waals surface area (Å²) >= 11 is 0. The maximum atomic E-state index is 4.30. The molecule has 11 nitrogen and oxygen atoms in total. The van der Waals surface area contributed by atoms with Crippen LogP contribution in [0.1, 0.15) is 228 Å². The summed E-state index contributed by atoms with van der Waals surface area (Å²) in [7, 11) is 0. The first kappa shape index (κ1) is 87.2. The smallest absolute Gasteiger partial charge is 0.137 e. The van der Waals surface area contributed by atoms with Crippen LogP contribution in [-0.2, 0) is 6.42 Å². The molecule has 0 fully saturated rings. The van der Waals surface area contributed by atoms with Gasteiger partial charge in [-0.25, -0.2) is 14.5 Å². The molecule has 11 heteroatoms. The highest BCUT2D eigenvalue weighted by Crippen LogP contribution is 2.33. The van der Waals surface area contributed by atoms with Crippen molar-refractivity contribution in [2.45, 2.75) is 249 Å². The SMILES string of the molecule is CC.CC.CC.CC.CC.CC.CC.CC1=C(C)c2c(ccnc2C)C1.Cc1cc2cccc(C)n2c1C.Cc1cc2nccc(C)n2c1C.Cc1cn2cccc(C)c2c1C.Cc1cn2ccnc(C)c2c1C.Cc1cn2cncc(C)c2c1C.Cc1cn2nccc(C)c2c1C. The fourth-order valence-corrected chi connectivity index (χ4v) is 11.7. The summed E-state index contributed by atoms with van der Waals surface area (Å²) in [5, 5.41) is 4.24. The fraction of sp³-hybridized carbons (Fsp3) is 0.414. The average molecular weight is 1330 g/mol. The van der Waals surface area contributed by atoms with Gasteiger partial charge in [-0.2, -0.15) is 5.10 Å². The van der Waals surface area contributed by atoms with Gasteiger partial charge in [-0.05, 0) is 284 Å². The van der Waals surface area contributed by atoms with E-state index in [0.717, 1.165) is 17.8 Å². The van der Waals surface area contributed by atoms with Crippen LogP contribution in [0.4, 0.5) is 0 Å². The van der Waals surface area contributed by atoms with Gasteiger partial charge in [0.1, 0.15) is 5.65 Å². The summed E-state index contributed by atoms with van der Waals surface area (Å²) in [5.41, 5.74) is 38.0. The summed E-state index contributed by atoms with van der Waals surface area (Å²) in [4.78, 5) is 17.0. The predicted octanol–water partition coefficient (Wildman–Crippen LogP) is 24.7. The lowest BCUT2D eigenvalue weighted by molar-refractivity contribution is 0.930. The lowest BCUT2D eigenvalue weighted by Gasteiger charge is -2.03. The van der Waals surface area contributed by atoms with Crippen molar-refractivity contribution in [3.8, 4) is 0 Å². The number of aromatic nitrogens is 11. The Morgan fingerprint density at radius 3 is 1.37 bits per heavy atom. The number of nitrogens with zero attached hydrogens (tertiary/aromatic N) is 11. The van der Waals surface area contributed by atoms with Crippen LogP contribution in [0.2, 0.25) is 0 Å². The summed E-state index contributed by atoms with van der Waals surface area (Å²) in [5.74, 6) is 0. The van der Waals surface area contributed by atoms with Crippen molar-refractivity contribution in [3.05, 3.63) is 258 Å². The van der Waals surface area contributed by atoms with Gasteiger partial charge in [0.15, 0.2) is 0 Å². The van der Waals surface area contributed by atoms with Gasteiger partial charge >= 0.3 is 0 Å². The van der Waals surface area contributed by atoms with Crippen LogP contribution in [0.15, 0.2) is 141 Å². The van der Waals surface area contributed by atoms with Crippen LogP contribution in [0.3, 0.4) is 0 Å². The van der Waals surface area contributed by atoms with Crippen LogP contribution in [0.5, 0.6) is 0 Å². The first-order valence-electron chi connectivity index (χ1n) is 36.2. The Morgan fingerprint density at radius 1 is 0.357 bits per heavy atom. The molecule has 0 saturated heterocycles. The molecule has 0 spiro atoms. The van der Waals surface area contributed by atoms with E-state index in [2.05, 4.69) is 265 Å². The zero-order valence-electron chi connectivity index (χ0n) is 67.8. The molecule has 1 aliphatic rings. The topological polar surface area (TPSA) is 90.9 Å². The van der Waals surface area contributed by atoms with E-state index >= 15 is 0 Å². The molecule has 98 heavy (non-hydrogen) atoms. The highest BCUT2D eigenvalue weighted by Gasteiger charge is 2.17. The number of aryl methyl sites for hydroxylation is 19. The van der Waals surface area contributed by atoms with Gasteiger partial charge < -0.3 is 22.0 Å². The van der Waals surface area contributed by atoms with Crippen LogP contribution in [-0.4, -0.2) is 51.6 Å². The van der Waals surface area contributed by atoms with E-state index in [0.29, 0.717) is 0 Å². The molecular formula is C87H129N11. The quantitative estimate of drug-likeness (QED) is 0.151. The Kier molecular flexibility index (Phi) is 38.7. The molecule has 13 aromatic heterocycles. The monoisotopic (exact) mass is 1330 g/mol. The molecule has 0 saturated carbocycles. The number of allylic oxidation sites excluding steroid dienone is 2. The van der Waals surface area contributed by atoms with Gasteiger partial charge in [0.2, 0.25) is 0 Å². The predicted molar refractivity (Wildman–Crippen MR) is 431 cm³/mol. The van der Waals surface area contributed by atoms with E-state index in [9.17, 15) is 0 Å². The van der Waals surface area contributed by atoms with Crippen LogP contribution < -0.4 is 0 Å². The number of hydrogen-bond acceptors (Lipinski definition) is 5. The van der Waals surface area contributed by atoms with Crippen molar-refractivity contribution >= 4 is 38.8 Å². The standard InChI is InChI=1S/3C11H13N.4C10H12N2.7C2H6/c1-7-6-10-4-5-12-9(3)11(10)8(7)2;1-8-7-11-6-4-5-9(2)12(11)10(8)3;1-8-5-4-6-12-7-9(2)10(3)11(8)12;1-7-4-11-6-12-5-8(2)9(3)10(7)12;1-7-6-12-5-4-11-9(3)10(12)8(7)2;1-7-6-10-11-5-4-8(2)12(10)9(7)3;1-7-4-5-11-12-6-8(2)9(3)10(7)12;7*1-2/h4-5H,6H2,1-3H3;2*4-7H,1-3H3;4*4-6H,1-3H3;7*1-2H3. The molecule has 0 aliphatic heterocycles. The number of rotatable bonds is 0. The summed E-state index contributed by atoms with van der Waals surface area (Å²) < 4.78 is 12.8. The maximum absolute atomic E-state index is 4.30. The average Bonchev–Trinajstić information content (AvgIpc) is 1.74. The Hall–Kier alpha value is -8.83. The second kappa shape index (κ2) is 43.5. The molecule has 14 rings (SSSR count). The highest BCUT2D eigenvalue weighted by atomic mass is 15.2. The molecule has 0 unspecified atom stereocenters. The number of pyridine rings is 3. The van der Waals surface area contributed by atoms with E-state index in [1.54, 1.807) is 0 Å². The number of hydrogen-bond donors (Lipinski definition) is 0. The van der Waals surface area contributed by atoms with Crippen molar-refractivity contribution in [1.29, 1.82) is 0 Å². The molecule has 0 radical (unpaired) electrons. The summed E-state index contributed by atoms with van der Waals surface area (Å²) in [6.45, 7) is 72.8. The molecule has 0 bridgehead atoms. The van der Waals surface area contributed by atoms with Gasteiger partial charge in [-0.1, -0.05) is 115 Å². The van der Waals surface area contributed by atoms with Crippen molar-refractivity contribution in [3.63, 3.8) is 0 Å². The molecule has 13 heterocycles. The molecule has 0 atom stereocenters. The Labute approximate surface area is 594 Å². The van der Waals surface area contributed by atoms with E-state index in [1.165, 1.54) is 151 Å². The third-order valence-corrected chi connectivity index (χ3v) is 17.2. The van der Waals surface area contributed by atoms with Crippen LogP contribution in [0, 0.1) is 132 Å². The molecule has 532 valence electrons. The van der Waals surface area contributed by atoms with Gasteiger partial charge in [-0.15, -0.1) is 0 Å². The second-order valence-corrected chi connectivity index (χ2v) is 23.1. The first-order valence-corrected chi connectivity index (χ1v) is 36.2. The second-order valence-electron chi connectivity index (χ2n) is 23.1. The Morgan fingerprint density at radius 2 is 0.837 bits per heavy atom. The van der Waals surface area contributed by atoms with Gasteiger partial charge in [0.25, 0.3) is 0 Å². The van der Waals surface area contributed by atoms with Crippen molar-refractivity contribution in [1.82, 2.24) is 51.6 Å². The van der Waals surface area contributed by atoms with E-state index in [1.807, 2.05) is 164 Å². The Balaban J connectivity index is 0.000000554. The molecule has 13 aromatic rings. The van der Waals surface area contributed by atoms with E-state index < -0.39 is 0 Å². The third kappa shape index (κ3) is 21.6. The normalized spacial score (nSPS) is 10.3. The van der Waals surface area contributed by atoms with Gasteiger partial charge in [-0.3, -0.25) is 9.97 Å².